The summed E-state index contributed by atoms with van der Waals surface area (Å²) in [5, 5.41) is 10.6. The Hall–Kier alpha value is -1.20. The van der Waals surface area contributed by atoms with Gasteiger partial charge in [0.1, 0.15) is 0 Å². The van der Waals surface area contributed by atoms with Crippen LogP contribution < -0.4 is 0 Å². The summed E-state index contributed by atoms with van der Waals surface area (Å²) in [6.45, 7) is 0. The molecule has 0 aliphatic rings. The van der Waals surface area contributed by atoms with Gasteiger partial charge in [-0.3, -0.25) is 0 Å². The summed E-state index contributed by atoms with van der Waals surface area (Å²) in [5.41, 5.74) is 1.41. The number of pyridine rings is 1. The van der Waals surface area contributed by atoms with Crippen molar-refractivity contribution in [3.05, 3.63) is 72.1 Å². The van der Waals surface area contributed by atoms with Crippen LogP contribution in [-0.2, 0) is 0 Å². The zero-order valence-corrected chi connectivity index (χ0v) is 17.6. The molecule has 0 saturated carbocycles. The fourth-order valence-corrected chi connectivity index (χ4v) is 3.64. The summed E-state index contributed by atoms with van der Waals surface area (Å²) in [4.78, 5) is 16.1. The van der Waals surface area contributed by atoms with E-state index in [1.165, 1.54) is 12.1 Å². The van der Waals surface area contributed by atoms with Gasteiger partial charge in [0.2, 0.25) is 0 Å². The van der Waals surface area contributed by atoms with Crippen molar-refractivity contribution >= 4 is 75.6 Å². The minimum atomic E-state index is -1.15. The van der Waals surface area contributed by atoms with E-state index in [0.717, 1.165) is 0 Å². The highest BCUT2D eigenvalue weighted by atomic mass is 35.5. The van der Waals surface area contributed by atoms with E-state index in [4.69, 9.17) is 69.6 Å². The van der Waals surface area contributed by atoms with Crippen molar-refractivity contribution in [3.63, 3.8) is 0 Å². The molecule has 3 rings (SSSR count). The van der Waals surface area contributed by atoms with Gasteiger partial charge in [0.05, 0.1) is 47.1 Å². The number of nitrogens with zero attached hydrogens (tertiary/aromatic N) is 1. The number of halogens is 6. The Morgan fingerprint density at radius 2 is 1.11 bits per heavy atom. The number of carboxylic acids is 1. The summed E-state index contributed by atoms with van der Waals surface area (Å²) < 4.78 is 0. The van der Waals surface area contributed by atoms with Crippen LogP contribution in [0.1, 0.15) is 10.4 Å². The second-order valence-electron chi connectivity index (χ2n) is 5.38. The van der Waals surface area contributed by atoms with Gasteiger partial charge in [-0.15, -0.1) is 0 Å². The molecule has 0 aliphatic heterocycles. The molecule has 0 aliphatic carbocycles. The summed E-state index contributed by atoms with van der Waals surface area (Å²) in [5.74, 6) is -1.15. The average Bonchev–Trinajstić information content (AvgIpc) is 2.64. The highest BCUT2D eigenvalue weighted by molar-refractivity contribution is 6.49. The minimum absolute atomic E-state index is 0.0146. The predicted molar refractivity (Wildman–Crippen MR) is 112 cm³/mol. The normalized spacial score (nSPS) is 10.9. The largest absolute Gasteiger partial charge is 0.478 e. The molecule has 2 aromatic carbocycles. The third-order valence-corrected chi connectivity index (χ3v) is 6.28. The predicted octanol–water partition coefficient (Wildman–Crippen LogP) is 8.03. The lowest BCUT2D eigenvalue weighted by molar-refractivity contribution is 0.0697. The van der Waals surface area contributed by atoms with Gasteiger partial charge >= 0.3 is 5.97 Å². The zero-order chi connectivity index (χ0) is 19.9. The second-order valence-corrected chi connectivity index (χ2v) is 7.70. The van der Waals surface area contributed by atoms with Crippen molar-refractivity contribution in [3.8, 4) is 22.5 Å². The van der Waals surface area contributed by atoms with Crippen molar-refractivity contribution in [1.29, 1.82) is 0 Å². The maximum Gasteiger partial charge on any atom is 0.335 e. The summed E-state index contributed by atoms with van der Waals surface area (Å²) in [6.07, 6.45) is 0. The molecule has 0 spiro atoms. The molecular formula is C18H7Cl6NO2. The zero-order valence-electron chi connectivity index (χ0n) is 13.0. The van der Waals surface area contributed by atoms with E-state index in [9.17, 15) is 9.90 Å². The number of carboxylic acid groups (broad SMARTS) is 1. The molecule has 0 saturated heterocycles. The first kappa shape index (κ1) is 20.5. The van der Waals surface area contributed by atoms with E-state index in [0.29, 0.717) is 11.1 Å². The topological polar surface area (TPSA) is 50.2 Å². The molecule has 1 N–H and O–H groups in total. The molecule has 1 heterocycles. The average molecular weight is 482 g/mol. The highest BCUT2D eigenvalue weighted by Gasteiger charge is 2.18. The molecule has 3 aromatic rings. The van der Waals surface area contributed by atoms with E-state index in [1.807, 2.05) is 0 Å². The number of hydrogen-bond acceptors (Lipinski definition) is 2. The fourth-order valence-electron chi connectivity index (χ4n) is 2.38. The lowest BCUT2D eigenvalue weighted by Crippen LogP contribution is -2.00. The highest BCUT2D eigenvalue weighted by Crippen LogP contribution is 2.40. The number of aromatic carboxylic acids is 1. The van der Waals surface area contributed by atoms with Crippen LogP contribution in [-0.4, -0.2) is 16.1 Å². The molecule has 9 heteroatoms. The first-order valence-corrected chi connectivity index (χ1v) is 9.50. The summed E-state index contributed by atoms with van der Waals surface area (Å²) >= 11 is 36.7. The van der Waals surface area contributed by atoms with Gasteiger partial charge in [-0.1, -0.05) is 69.6 Å². The van der Waals surface area contributed by atoms with Gasteiger partial charge in [-0.05, 0) is 36.4 Å². The van der Waals surface area contributed by atoms with Crippen LogP contribution in [0, 0.1) is 0 Å². The maximum absolute atomic E-state index is 11.6. The van der Waals surface area contributed by atoms with Crippen LogP contribution in [0.5, 0.6) is 0 Å². The van der Waals surface area contributed by atoms with Gasteiger partial charge in [0.15, 0.2) is 0 Å². The molecule has 0 amide bonds. The monoisotopic (exact) mass is 479 g/mol. The Morgan fingerprint density at radius 1 is 0.704 bits per heavy atom. The quantitative estimate of drug-likeness (QED) is 0.385. The maximum atomic E-state index is 11.6. The van der Waals surface area contributed by atoms with E-state index >= 15 is 0 Å². The minimum Gasteiger partial charge on any atom is -0.478 e. The Labute approximate surface area is 184 Å². The number of carbonyl (C=O) groups is 1. The van der Waals surface area contributed by atoms with Gasteiger partial charge < -0.3 is 5.11 Å². The van der Waals surface area contributed by atoms with Gasteiger partial charge in [0.25, 0.3) is 0 Å². The Bertz CT molecular complexity index is 1010. The molecule has 0 radical (unpaired) electrons. The van der Waals surface area contributed by atoms with E-state index < -0.39 is 5.97 Å². The Balaban J connectivity index is 2.29. The molecule has 3 nitrogen and oxygen atoms in total. The first-order chi connectivity index (χ1) is 12.7. The van der Waals surface area contributed by atoms with Crippen LogP contribution in [0.15, 0.2) is 36.4 Å². The number of hydrogen-bond donors (Lipinski definition) is 1. The van der Waals surface area contributed by atoms with Crippen LogP contribution in [0.2, 0.25) is 30.1 Å². The number of aromatic nitrogens is 1. The molecule has 0 bridgehead atoms. The Kier molecular flexibility index (Phi) is 6.11. The smallest absolute Gasteiger partial charge is 0.335 e. The molecule has 0 unspecified atom stereocenters. The van der Waals surface area contributed by atoms with Gasteiger partial charge in [0, 0.05) is 11.1 Å². The van der Waals surface area contributed by atoms with Gasteiger partial charge in [-0.25, -0.2) is 9.78 Å². The fraction of sp³-hybridized carbons (Fsp3) is 0. The third kappa shape index (κ3) is 4.00. The van der Waals surface area contributed by atoms with Crippen LogP contribution in [0.25, 0.3) is 22.5 Å². The van der Waals surface area contributed by atoms with Crippen molar-refractivity contribution in [2.75, 3.05) is 0 Å². The van der Waals surface area contributed by atoms with Crippen LogP contribution in [0.4, 0.5) is 0 Å². The van der Waals surface area contributed by atoms with Gasteiger partial charge in [-0.2, -0.15) is 0 Å². The number of benzene rings is 2. The lowest BCUT2D eigenvalue weighted by atomic mass is 10.0. The molecule has 0 atom stereocenters. The van der Waals surface area contributed by atoms with Crippen molar-refractivity contribution in [1.82, 2.24) is 4.98 Å². The molecular weight excluding hydrogens is 475 g/mol. The van der Waals surface area contributed by atoms with Crippen molar-refractivity contribution in [2.45, 2.75) is 0 Å². The third-order valence-electron chi connectivity index (χ3n) is 3.69. The molecule has 27 heavy (non-hydrogen) atoms. The number of rotatable bonds is 3. The molecule has 0 fully saturated rings. The van der Waals surface area contributed by atoms with E-state index in [2.05, 4.69) is 4.98 Å². The molecule has 138 valence electrons. The summed E-state index contributed by atoms with van der Waals surface area (Å²) in [7, 11) is 0. The van der Waals surface area contributed by atoms with Crippen LogP contribution in [0.3, 0.4) is 0 Å². The van der Waals surface area contributed by atoms with Crippen LogP contribution >= 0.6 is 69.6 Å². The first-order valence-electron chi connectivity index (χ1n) is 7.23. The second kappa shape index (κ2) is 8.04. The lowest BCUT2D eigenvalue weighted by Gasteiger charge is -2.12. The van der Waals surface area contributed by atoms with E-state index in [-0.39, 0.29) is 47.1 Å². The molecule has 1 aromatic heterocycles. The summed E-state index contributed by atoms with van der Waals surface area (Å²) in [6, 6.07) is 9.05. The Morgan fingerprint density at radius 3 is 1.48 bits per heavy atom. The van der Waals surface area contributed by atoms with Crippen molar-refractivity contribution < 1.29 is 9.90 Å². The van der Waals surface area contributed by atoms with Crippen molar-refractivity contribution in [2.24, 2.45) is 0 Å². The van der Waals surface area contributed by atoms with E-state index in [1.54, 1.807) is 24.3 Å². The SMILES string of the molecule is O=C(O)c1cc(-c2ccc(Cl)c(Cl)c2Cl)nc(-c2ccc(Cl)c(Cl)c2Cl)c1. The standard InChI is InChI=1S/C18H7Cl6NO2/c19-10-3-1-8(14(21)16(10)23)12-5-7(18(26)27)6-13(25-12)9-2-4-11(20)17(24)15(9)22/h1-6H,(H,26,27).